The minimum absolute atomic E-state index is 0.0367. The lowest BCUT2D eigenvalue weighted by molar-refractivity contribution is -0.298. The molecule has 1 saturated heterocycles. The maximum Gasteiger partial charge on any atom is 0.405 e. The standard InChI is InChI=1S/C32H38F2O6S2/c1-22(32(33,34)42(35,36)37)40-25-9-8-10-28(19-25)41(26-15-11-23(12-16-26)29(2,3)4)27-17-13-24(14-18-27)31(7)38-20-30(5,6)21-39-31/h8-19,22H,20-21H2,1-7H3/p+1. The van der Waals surface area contributed by atoms with Crippen molar-refractivity contribution in [2.45, 2.75) is 85.7 Å². The first kappa shape index (κ1) is 32.4. The van der Waals surface area contributed by atoms with Crippen LogP contribution in [0, 0.1) is 5.41 Å². The lowest BCUT2D eigenvalue weighted by Gasteiger charge is -2.41. The molecule has 10 heteroatoms. The van der Waals surface area contributed by atoms with Crippen LogP contribution in [0.4, 0.5) is 8.78 Å². The molecule has 228 valence electrons. The van der Waals surface area contributed by atoms with Crippen molar-refractivity contribution in [2.75, 3.05) is 13.2 Å². The molecule has 1 aliphatic heterocycles. The summed E-state index contributed by atoms with van der Waals surface area (Å²) in [5, 5.41) is -4.47. The SMILES string of the molecule is CC(Oc1cccc([S+](c2ccc(C(C)(C)C)cc2)c2ccc(C3(C)OCC(C)(C)CO3)cc2)c1)C(F)(F)S(=O)(=O)O. The summed E-state index contributed by atoms with van der Waals surface area (Å²) in [7, 11) is -6.32. The third kappa shape index (κ3) is 7.00. The largest absolute Gasteiger partial charge is 0.483 e. The van der Waals surface area contributed by atoms with Gasteiger partial charge < -0.3 is 14.2 Å². The Hall–Kier alpha value is -2.50. The summed E-state index contributed by atoms with van der Waals surface area (Å²) in [6, 6.07) is 22.9. The Kier molecular flexibility index (Phi) is 8.90. The highest BCUT2D eigenvalue weighted by Crippen LogP contribution is 2.39. The number of benzene rings is 3. The van der Waals surface area contributed by atoms with Crippen molar-refractivity contribution >= 4 is 21.0 Å². The fraction of sp³-hybridized carbons (Fsp3) is 0.438. The van der Waals surface area contributed by atoms with Crippen molar-refractivity contribution in [3.05, 3.63) is 83.9 Å². The molecule has 0 amide bonds. The zero-order valence-corrected chi connectivity index (χ0v) is 26.6. The summed E-state index contributed by atoms with van der Waals surface area (Å²) in [6.45, 7) is 14.6. The molecule has 2 atom stereocenters. The molecule has 0 aromatic heterocycles. The highest BCUT2D eigenvalue weighted by Gasteiger charge is 2.51. The van der Waals surface area contributed by atoms with Crippen molar-refractivity contribution in [1.82, 2.24) is 0 Å². The van der Waals surface area contributed by atoms with Crippen LogP contribution in [0.5, 0.6) is 5.75 Å². The molecule has 3 aromatic carbocycles. The molecule has 1 fully saturated rings. The fourth-order valence-electron chi connectivity index (χ4n) is 4.47. The summed E-state index contributed by atoms with van der Waals surface area (Å²) in [5.74, 6) is -0.814. The molecule has 0 aliphatic carbocycles. The van der Waals surface area contributed by atoms with E-state index in [1.807, 2.05) is 37.3 Å². The Morgan fingerprint density at radius 2 is 1.40 bits per heavy atom. The minimum Gasteiger partial charge on any atom is -0.483 e. The highest BCUT2D eigenvalue weighted by molar-refractivity contribution is 7.97. The summed E-state index contributed by atoms with van der Waals surface area (Å²) >= 11 is 0. The lowest BCUT2D eigenvalue weighted by atomic mass is 9.87. The second kappa shape index (κ2) is 11.5. The van der Waals surface area contributed by atoms with Gasteiger partial charge in [0.25, 0.3) is 0 Å². The summed E-state index contributed by atoms with van der Waals surface area (Å²) in [5.41, 5.74) is 1.95. The van der Waals surface area contributed by atoms with Crippen molar-refractivity contribution < 1.29 is 36.0 Å². The third-order valence-electron chi connectivity index (χ3n) is 7.22. The molecule has 1 heterocycles. The van der Waals surface area contributed by atoms with E-state index >= 15 is 0 Å². The first-order chi connectivity index (χ1) is 19.3. The maximum atomic E-state index is 14.2. The second-order valence-electron chi connectivity index (χ2n) is 12.6. The Morgan fingerprint density at radius 1 is 0.881 bits per heavy atom. The molecule has 0 spiro atoms. The van der Waals surface area contributed by atoms with E-state index in [4.69, 9.17) is 18.8 Å². The molecule has 0 bridgehead atoms. The number of rotatable bonds is 8. The van der Waals surface area contributed by atoms with Crippen LogP contribution in [0.2, 0.25) is 0 Å². The van der Waals surface area contributed by atoms with Crippen LogP contribution in [0.1, 0.15) is 59.6 Å². The molecule has 1 aliphatic rings. The molecular formula is C32H39F2O6S2+. The van der Waals surface area contributed by atoms with Gasteiger partial charge in [-0.1, -0.05) is 52.8 Å². The molecule has 6 nitrogen and oxygen atoms in total. The molecule has 2 unspecified atom stereocenters. The quantitative estimate of drug-likeness (QED) is 0.206. The Bertz CT molecular complexity index is 1490. The Labute approximate surface area is 250 Å². The van der Waals surface area contributed by atoms with Gasteiger partial charge in [0.2, 0.25) is 0 Å². The number of ether oxygens (including phenoxy) is 3. The average molecular weight is 622 g/mol. The van der Waals surface area contributed by atoms with Gasteiger partial charge in [0.1, 0.15) is 5.75 Å². The molecular weight excluding hydrogens is 582 g/mol. The zero-order valence-electron chi connectivity index (χ0n) is 25.0. The Morgan fingerprint density at radius 3 is 1.90 bits per heavy atom. The van der Waals surface area contributed by atoms with Gasteiger partial charge in [-0.3, -0.25) is 4.55 Å². The van der Waals surface area contributed by atoms with E-state index in [1.54, 1.807) is 12.1 Å². The van der Waals surface area contributed by atoms with Crippen LogP contribution < -0.4 is 4.74 Å². The number of halogens is 2. The summed E-state index contributed by atoms with van der Waals surface area (Å²) in [4.78, 5) is 2.75. The van der Waals surface area contributed by atoms with E-state index in [9.17, 15) is 17.2 Å². The number of hydrogen-bond donors (Lipinski definition) is 1. The van der Waals surface area contributed by atoms with Gasteiger partial charge in [-0.2, -0.15) is 17.2 Å². The van der Waals surface area contributed by atoms with E-state index in [0.29, 0.717) is 13.2 Å². The van der Waals surface area contributed by atoms with Crippen LogP contribution in [0.15, 0.2) is 87.5 Å². The molecule has 42 heavy (non-hydrogen) atoms. The molecule has 3 aromatic rings. The van der Waals surface area contributed by atoms with E-state index in [0.717, 1.165) is 27.2 Å². The average Bonchev–Trinajstić information content (AvgIpc) is 2.90. The summed E-state index contributed by atoms with van der Waals surface area (Å²) in [6.07, 6.45) is -2.11. The van der Waals surface area contributed by atoms with E-state index in [2.05, 4.69) is 58.9 Å². The first-order valence-electron chi connectivity index (χ1n) is 13.7. The van der Waals surface area contributed by atoms with Gasteiger partial charge in [0, 0.05) is 17.0 Å². The predicted molar refractivity (Wildman–Crippen MR) is 160 cm³/mol. The van der Waals surface area contributed by atoms with Crippen LogP contribution in [0.25, 0.3) is 0 Å². The van der Waals surface area contributed by atoms with Crippen molar-refractivity contribution in [3.63, 3.8) is 0 Å². The van der Waals surface area contributed by atoms with E-state index in [1.165, 1.54) is 11.6 Å². The van der Waals surface area contributed by atoms with Crippen molar-refractivity contribution in [1.29, 1.82) is 0 Å². The van der Waals surface area contributed by atoms with Gasteiger partial charge in [-0.25, -0.2) is 0 Å². The smallest absolute Gasteiger partial charge is 0.405 e. The third-order valence-corrected chi connectivity index (χ3v) is 10.5. The Balaban J connectivity index is 1.72. The first-order valence-corrected chi connectivity index (χ1v) is 16.3. The zero-order chi connectivity index (χ0) is 31.1. The van der Waals surface area contributed by atoms with Gasteiger partial charge in [0.05, 0.1) is 24.1 Å². The van der Waals surface area contributed by atoms with Crippen LogP contribution in [0.3, 0.4) is 0 Å². The second-order valence-corrected chi connectivity index (χ2v) is 16.1. The monoisotopic (exact) mass is 621 g/mol. The highest BCUT2D eigenvalue weighted by atomic mass is 32.2. The van der Waals surface area contributed by atoms with Gasteiger partial charge in [0.15, 0.2) is 26.6 Å². The lowest BCUT2D eigenvalue weighted by Crippen LogP contribution is -2.43. The fourth-order valence-corrected chi connectivity index (χ4v) is 7.02. The van der Waals surface area contributed by atoms with Crippen molar-refractivity contribution in [2.24, 2.45) is 5.41 Å². The number of alkyl halides is 2. The van der Waals surface area contributed by atoms with E-state index < -0.39 is 38.2 Å². The number of hydrogen-bond acceptors (Lipinski definition) is 5. The van der Waals surface area contributed by atoms with Gasteiger partial charge >= 0.3 is 15.4 Å². The van der Waals surface area contributed by atoms with Gasteiger partial charge in [-0.05, 0) is 73.4 Å². The molecule has 4 rings (SSSR count). The minimum atomic E-state index is -5.65. The van der Waals surface area contributed by atoms with Crippen LogP contribution in [-0.2, 0) is 41.7 Å². The molecule has 0 saturated carbocycles. The normalized spacial score (nSPS) is 18.7. The summed E-state index contributed by atoms with van der Waals surface area (Å²) < 4.78 is 77.5. The van der Waals surface area contributed by atoms with E-state index in [-0.39, 0.29) is 16.6 Å². The topological polar surface area (TPSA) is 82.1 Å². The maximum absolute atomic E-state index is 14.2. The van der Waals surface area contributed by atoms with Crippen molar-refractivity contribution in [3.8, 4) is 5.75 Å². The predicted octanol–water partition coefficient (Wildman–Crippen LogP) is 7.57. The van der Waals surface area contributed by atoms with Crippen LogP contribution in [-0.4, -0.2) is 37.5 Å². The molecule has 1 N–H and O–H groups in total. The van der Waals surface area contributed by atoms with Gasteiger partial charge in [-0.15, -0.1) is 0 Å². The molecule has 0 radical (unpaired) electrons. The van der Waals surface area contributed by atoms with Crippen LogP contribution >= 0.6 is 0 Å².